The zero-order chi connectivity index (χ0) is 21.8. The molecule has 0 aliphatic heterocycles. The number of nitrogens with zero attached hydrogens (tertiary/aromatic N) is 2. The maximum atomic E-state index is 13.5. The lowest BCUT2D eigenvalue weighted by Gasteiger charge is -2.25. The molecule has 0 amide bonds. The number of H-pyrrole nitrogens is 1. The van der Waals surface area contributed by atoms with Crippen LogP contribution in [-0.4, -0.2) is 33.9 Å². The summed E-state index contributed by atoms with van der Waals surface area (Å²) in [5, 5.41) is 14.4. The molecule has 160 valence electrons. The number of anilines is 1. The molecule has 2 N–H and O–H groups in total. The van der Waals surface area contributed by atoms with Gasteiger partial charge < -0.3 is 19.3 Å². The van der Waals surface area contributed by atoms with Gasteiger partial charge in [-0.25, -0.2) is 4.98 Å². The van der Waals surface area contributed by atoms with Crippen LogP contribution in [0.3, 0.4) is 0 Å². The molecule has 0 fully saturated rings. The van der Waals surface area contributed by atoms with Gasteiger partial charge >= 0.3 is 19.5 Å². The van der Waals surface area contributed by atoms with Crippen molar-refractivity contribution in [3.8, 4) is 11.3 Å². The number of nitrogens with one attached hydrogen (secondary N) is 2. The quantitative estimate of drug-likeness (QED) is 0.321. The van der Waals surface area contributed by atoms with E-state index in [0.29, 0.717) is 6.07 Å². The number of halogens is 3. The summed E-state index contributed by atoms with van der Waals surface area (Å²) in [7, 11) is -3.72. The number of alkyl halides is 3. The van der Waals surface area contributed by atoms with Gasteiger partial charge in [0.2, 0.25) is 0 Å². The fourth-order valence-electron chi connectivity index (χ4n) is 2.72. The summed E-state index contributed by atoms with van der Waals surface area (Å²) in [5.41, 5.74) is -3.17. The van der Waals surface area contributed by atoms with Crippen molar-refractivity contribution in [2.45, 2.75) is 32.7 Å². The summed E-state index contributed by atoms with van der Waals surface area (Å²) in [6.07, 6.45) is -2.68. The highest BCUT2D eigenvalue weighted by molar-refractivity contribution is 7.54. The van der Waals surface area contributed by atoms with E-state index in [1.165, 1.54) is 6.92 Å². The van der Waals surface area contributed by atoms with E-state index < -0.39 is 41.3 Å². The third-order valence-corrected chi connectivity index (χ3v) is 6.20. The van der Waals surface area contributed by atoms with Crippen molar-refractivity contribution in [3.05, 3.63) is 40.3 Å². The van der Waals surface area contributed by atoms with Crippen LogP contribution in [0.4, 0.5) is 24.5 Å². The van der Waals surface area contributed by atoms with Gasteiger partial charge in [0.25, 0.3) is 0 Å². The van der Waals surface area contributed by atoms with Crippen molar-refractivity contribution in [2.24, 2.45) is 0 Å². The fraction of sp³-hybridized carbons (Fsp3) is 0.438. The summed E-state index contributed by atoms with van der Waals surface area (Å²) in [6, 6.07) is 1.63. The highest BCUT2D eigenvalue weighted by Gasteiger charge is 2.40. The van der Waals surface area contributed by atoms with Crippen molar-refractivity contribution in [3.63, 3.8) is 0 Å². The van der Waals surface area contributed by atoms with Gasteiger partial charge in [0.05, 0.1) is 47.5 Å². The molecule has 1 atom stereocenters. The van der Waals surface area contributed by atoms with Crippen LogP contribution in [0.1, 0.15) is 26.3 Å². The minimum absolute atomic E-state index is 0.0534. The number of aromatic nitrogens is 2. The lowest BCUT2D eigenvalue weighted by molar-refractivity contribution is -0.383. The maximum absolute atomic E-state index is 13.5. The number of hydrogen-bond donors (Lipinski definition) is 2. The SMILES string of the molecule is CCOP(=O)(OCC)C(C)Nc1ccc(C(F)(F)F)c(-c2cnc[nH]2)c1[N+](=O)[O-]. The predicted octanol–water partition coefficient (Wildman–Crippen LogP) is 5.03. The predicted molar refractivity (Wildman–Crippen MR) is 99.6 cm³/mol. The molecule has 13 heteroatoms. The summed E-state index contributed by atoms with van der Waals surface area (Å²) >= 11 is 0. The Bertz CT molecular complexity index is 895. The van der Waals surface area contributed by atoms with E-state index in [2.05, 4.69) is 15.3 Å². The van der Waals surface area contributed by atoms with E-state index in [-0.39, 0.29) is 24.6 Å². The minimum Gasteiger partial charge on any atom is -0.366 e. The normalized spacial score (nSPS) is 13.3. The van der Waals surface area contributed by atoms with Gasteiger partial charge in [-0.3, -0.25) is 14.7 Å². The molecule has 29 heavy (non-hydrogen) atoms. The lowest BCUT2D eigenvalue weighted by Crippen LogP contribution is -2.20. The van der Waals surface area contributed by atoms with Gasteiger partial charge in [0, 0.05) is 0 Å². The Hall–Kier alpha value is -2.43. The Morgan fingerprint density at radius 2 is 1.93 bits per heavy atom. The van der Waals surface area contributed by atoms with Gasteiger partial charge in [-0.1, -0.05) is 0 Å². The Kier molecular flexibility index (Phi) is 7.04. The van der Waals surface area contributed by atoms with E-state index in [0.717, 1.165) is 18.6 Å². The molecule has 1 unspecified atom stereocenters. The Balaban J connectivity index is 2.63. The number of hydrogen-bond acceptors (Lipinski definition) is 7. The number of benzene rings is 1. The van der Waals surface area contributed by atoms with Crippen molar-refractivity contribution < 1.29 is 31.7 Å². The lowest BCUT2D eigenvalue weighted by atomic mass is 10.0. The summed E-state index contributed by atoms with van der Waals surface area (Å²) in [6.45, 7) is 4.70. The van der Waals surface area contributed by atoms with Crippen LogP contribution >= 0.6 is 7.60 Å². The van der Waals surface area contributed by atoms with Crippen molar-refractivity contribution in [2.75, 3.05) is 18.5 Å². The topological polar surface area (TPSA) is 119 Å². The van der Waals surface area contributed by atoms with Crippen LogP contribution in [0.15, 0.2) is 24.7 Å². The van der Waals surface area contributed by atoms with Gasteiger partial charge in [-0.15, -0.1) is 0 Å². The average molecular weight is 436 g/mol. The van der Waals surface area contributed by atoms with Gasteiger partial charge in [-0.05, 0) is 32.9 Å². The number of nitro benzene ring substituents is 1. The first-order valence-electron chi connectivity index (χ1n) is 8.57. The second-order valence-electron chi connectivity index (χ2n) is 5.80. The maximum Gasteiger partial charge on any atom is 0.417 e. The van der Waals surface area contributed by atoms with E-state index >= 15 is 0 Å². The van der Waals surface area contributed by atoms with Gasteiger partial charge in [0.1, 0.15) is 11.5 Å². The molecular formula is C16H20F3N4O5P. The highest BCUT2D eigenvalue weighted by atomic mass is 31.2. The van der Waals surface area contributed by atoms with Crippen LogP contribution in [0.5, 0.6) is 0 Å². The second-order valence-corrected chi connectivity index (χ2v) is 8.17. The van der Waals surface area contributed by atoms with Crippen LogP contribution in [0.2, 0.25) is 0 Å². The molecular weight excluding hydrogens is 416 g/mol. The van der Waals surface area contributed by atoms with Crippen molar-refractivity contribution in [1.29, 1.82) is 0 Å². The highest BCUT2D eigenvalue weighted by Crippen LogP contribution is 2.54. The van der Waals surface area contributed by atoms with Gasteiger partial charge in [0.15, 0.2) is 0 Å². The molecule has 0 bridgehead atoms. The molecule has 2 rings (SSSR count). The van der Waals surface area contributed by atoms with Crippen LogP contribution in [0.25, 0.3) is 11.3 Å². The Morgan fingerprint density at radius 3 is 2.38 bits per heavy atom. The molecule has 1 aromatic carbocycles. The summed E-state index contributed by atoms with van der Waals surface area (Å²) in [5.74, 6) is -1.06. The first-order valence-corrected chi connectivity index (χ1v) is 10.2. The average Bonchev–Trinajstić information content (AvgIpc) is 3.14. The fourth-order valence-corrected chi connectivity index (χ4v) is 4.26. The molecule has 9 nitrogen and oxygen atoms in total. The second kappa shape index (κ2) is 8.93. The minimum atomic E-state index is -4.85. The number of aromatic amines is 1. The molecule has 2 aromatic rings. The molecule has 1 aromatic heterocycles. The Morgan fingerprint density at radius 1 is 1.31 bits per heavy atom. The molecule has 0 radical (unpaired) electrons. The zero-order valence-electron chi connectivity index (χ0n) is 15.8. The largest absolute Gasteiger partial charge is 0.417 e. The third-order valence-electron chi connectivity index (χ3n) is 3.89. The Labute approximate surface area is 164 Å². The molecule has 0 saturated carbocycles. The number of rotatable bonds is 9. The van der Waals surface area contributed by atoms with Crippen molar-refractivity contribution >= 4 is 19.0 Å². The molecule has 0 saturated heterocycles. The molecule has 0 aliphatic carbocycles. The van der Waals surface area contributed by atoms with E-state index in [9.17, 15) is 27.9 Å². The van der Waals surface area contributed by atoms with E-state index in [1.54, 1.807) is 13.8 Å². The summed E-state index contributed by atoms with van der Waals surface area (Å²) in [4.78, 5) is 16.9. The first-order chi connectivity index (χ1) is 13.5. The van der Waals surface area contributed by atoms with Gasteiger partial charge in [-0.2, -0.15) is 13.2 Å². The van der Waals surface area contributed by atoms with Crippen LogP contribution in [0, 0.1) is 10.1 Å². The van der Waals surface area contributed by atoms with Crippen LogP contribution in [-0.2, 0) is 19.8 Å². The molecule has 0 spiro atoms. The number of nitro groups is 1. The van der Waals surface area contributed by atoms with Crippen LogP contribution < -0.4 is 5.32 Å². The standard InChI is InChI=1S/C16H20F3N4O5P/c1-4-27-29(26,28-5-2)10(3)22-12-7-6-11(16(17,18)19)14(15(12)23(24)25)13-8-20-9-21-13/h6-10,22H,4-5H2,1-3H3,(H,20,21). The number of imidazole rings is 1. The first kappa shape index (κ1) is 22.9. The van der Waals surface area contributed by atoms with E-state index in [1.807, 2.05) is 0 Å². The van der Waals surface area contributed by atoms with Crippen molar-refractivity contribution in [1.82, 2.24) is 9.97 Å². The molecule has 0 aliphatic rings. The summed E-state index contributed by atoms with van der Waals surface area (Å²) < 4.78 is 63.8. The monoisotopic (exact) mass is 436 g/mol. The third kappa shape index (κ3) is 4.95. The smallest absolute Gasteiger partial charge is 0.366 e. The van der Waals surface area contributed by atoms with E-state index in [4.69, 9.17) is 9.05 Å². The zero-order valence-corrected chi connectivity index (χ0v) is 16.7. The molecule has 1 heterocycles.